The predicted octanol–water partition coefficient (Wildman–Crippen LogP) is 2.18. The highest BCUT2D eigenvalue weighted by molar-refractivity contribution is 4.70. The molecule has 1 saturated heterocycles. The molecule has 66 valence electrons. The molecule has 2 nitrogen and oxygen atoms in total. The van der Waals surface area contributed by atoms with E-state index in [1.807, 2.05) is 0 Å². The Morgan fingerprint density at radius 3 is 2.73 bits per heavy atom. The average molecular weight is 158 g/mol. The Hall–Kier alpha value is -0.0800. The van der Waals surface area contributed by atoms with E-state index in [9.17, 15) is 0 Å². The van der Waals surface area contributed by atoms with Gasteiger partial charge in [0, 0.05) is 0 Å². The van der Waals surface area contributed by atoms with E-state index in [-0.39, 0.29) is 0 Å². The normalized spacial score (nSPS) is 35.2. The molecule has 0 bridgehead atoms. The molecule has 0 spiro atoms. The summed E-state index contributed by atoms with van der Waals surface area (Å²) >= 11 is 0. The van der Waals surface area contributed by atoms with Crippen LogP contribution in [0.5, 0.6) is 0 Å². The lowest BCUT2D eigenvalue weighted by atomic mass is 9.96. The smallest absolute Gasteiger partial charge is 0.147 e. The lowest BCUT2D eigenvalue weighted by molar-refractivity contribution is -0.182. The van der Waals surface area contributed by atoms with Gasteiger partial charge < -0.3 is 9.47 Å². The molecule has 0 N–H and O–H groups in total. The molecule has 0 aromatic carbocycles. The van der Waals surface area contributed by atoms with Crippen molar-refractivity contribution < 1.29 is 9.47 Å². The number of hydrogen-bond acceptors (Lipinski definition) is 2. The van der Waals surface area contributed by atoms with Gasteiger partial charge in [0.05, 0.1) is 12.2 Å². The van der Waals surface area contributed by atoms with Crippen molar-refractivity contribution in [2.75, 3.05) is 6.79 Å². The average Bonchev–Trinajstić information content (AvgIpc) is 2.03. The zero-order valence-corrected chi connectivity index (χ0v) is 7.67. The summed E-state index contributed by atoms with van der Waals surface area (Å²) < 4.78 is 10.8. The summed E-state index contributed by atoms with van der Waals surface area (Å²) in [7, 11) is 0. The zero-order chi connectivity index (χ0) is 8.27. The SMILES string of the molecule is CCC(C)[C@@H]1C[C@H](C)OCO1. The van der Waals surface area contributed by atoms with Crippen LogP contribution in [0.3, 0.4) is 0 Å². The number of ether oxygens (including phenoxy) is 2. The second kappa shape index (κ2) is 4.07. The first kappa shape index (κ1) is 9.01. The van der Waals surface area contributed by atoms with E-state index in [0.717, 1.165) is 6.42 Å². The summed E-state index contributed by atoms with van der Waals surface area (Å²) in [5.41, 5.74) is 0. The van der Waals surface area contributed by atoms with E-state index in [2.05, 4.69) is 20.8 Å². The Morgan fingerprint density at radius 2 is 2.18 bits per heavy atom. The van der Waals surface area contributed by atoms with Crippen molar-refractivity contribution in [3.63, 3.8) is 0 Å². The molecule has 0 amide bonds. The van der Waals surface area contributed by atoms with Gasteiger partial charge in [0.2, 0.25) is 0 Å². The van der Waals surface area contributed by atoms with Crippen molar-refractivity contribution in [3.05, 3.63) is 0 Å². The Labute approximate surface area is 68.9 Å². The quantitative estimate of drug-likeness (QED) is 0.613. The lowest BCUT2D eigenvalue weighted by Gasteiger charge is -2.31. The second-order valence-corrected chi connectivity index (χ2v) is 3.42. The van der Waals surface area contributed by atoms with Gasteiger partial charge in [0.25, 0.3) is 0 Å². The maximum atomic E-state index is 5.48. The van der Waals surface area contributed by atoms with E-state index in [4.69, 9.17) is 9.47 Å². The fourth-order valence-corrected chi connectivity index (χ4v) is 1.37. The fourth-order valence-electron chi connectivity index (χ4n) is 1.37. The number of rotatable bonds is 2. The maximum Gasteiger partial charge on any atom is 0.147 e. The van der Waals surface area contributed by atoms with Crippen LogP contribution in [0.4, 0.5) is 0 Å². The molecular weight excluding hydrogens is 140 g/mol. The Morgan fingerprint density at radius 1 is 1.45 bits per heavy atom. The summed E-state index contributed by atoms with van der Waals surface area (Å²) in [6.07, 6.45) is 3.04. The van der Waals surface area contributed by atoms with Gasteiger partial charge in [-0.1, -0.05) is 20.3 Å². The molecule has 1 aliphatic rings. The van der Waals surface area contributed by atoms with E-state index in [1.54, 1.807) is 0 Å². The van der Waals surface area contributed by atoms with E-state index in [1.165, 1.54) is 6.42 Å². The maximum absolute atomic E-state index is 5.48. The van der Waals surface area contributed by atoms with Crippen LogP contribution in [0.2, 0.25) is 0 Å². The molecule has 0 radical (unpaired) electrons. The molecule has 0 saturated carbocycles. The Kier molecular flexibility index (Phi) is 3.34. The molecule has 1 unspecified atom stereocenters. The predicted molar refractivity (Wildman–Crippen MR) is 44.4 cm³/mol. The molecule has 2 heteroatoms. The summed E-state index contributed by atoms with van der Waals surface area (Å²) in [5, 5.41) is 0. The van der Waals surface area contributed by atoms with Gasteiger partial charge in [-0.05, 0) is 19.3 Å². The van der Waals surface area contributed by atoms with Crippen LogP contribution in [-0.4, -0.2) is 19.0 Å². The molecule has 3 atom stereocenters. The molecule has 0 aliphatic carbocycles. The van der Waals surface area contributed by atoms with Gasteiger partial charge in [-0.25, -0.2) is 0 Å². The molecular formula is C9H18O2. The molecule has 1 fully saturated rings. The van der Waals surface area contributed by atoms with Crippen molar-refractivity contribution >= 4 is 0 Å². The van der Waals surface area contributed by atoms with Gasteiger partial charge in [0.1, 0.15) is 6.79 Å². The van der Waals surface area contributed by atoms with Crippen molar-refractivity contribution in [1.29, 1.82) is 0 Å². The summed E-state index contributed by atoms with van der Waals surface area (Å²) in [4.78, 5) is 0. The highest BCUT2D eigenvalue weighted by Gasteiger charge is 2.23. The Bertz CT molecular complexity index is 114. The highest BCUT2D eigenvalue weighted by atomic mass is 16.7. The molecule has 1 heterocycles. The van der Waals surface area contributed by atoms with E-state index >= 15 is 0 Å². The first-order valence-corrected chi connectivity index (χ1v) is 4.47. The highest BCUT2D eigenvalue weighted by Crippen LogP contribution is 2.21. The topological polar surface area (TPSA) is 18.5 Å². The Balaban J connectivity index is 2.33. The monoisotopic (exact) mass is 158 g/mol. The van der Waals surface area contributed by atoms with E-state index in [0.29, 0.717) is 24.9 Å². The van der Waals surface area contributed by atoms with Crippen molar-refractivity contribution in [2.45, 2.75) is 45.8 Å². The van der Waals surface area contributed by atoms with Gasteiger partial charge in [0.15, 0.2) is 0 Å². The summed E-state index contributed by atoms with van der Waals surface area (Å²) in [6.45, 7) is 7.03. The first-order valence-electron chi connectivity index (χ1n) is 4.47. The van der Waals surface area contributed by atoms with Gasteiger partial charge in [-0.2, -0.15) is 0 Å². The third-order valence-electron chi connectivity index (χ3n) is 2.48. The van der Waals surface area contributed by atoms with Crippen LogP contribution in [0.15, 0.2) is 0 Å². The van der Waals surface area contributed by atoms with Gasteiger partial charge in [-0.3, -0.25) is 0 Å². The minimum atomic E-state index is 0.378. The van der Waals surface area contributed by atoms with Crippen LogP contribution < -0.4 is 0 Å². The standard InChI is InChI=1S/C9H18O2/c1-4-7(2)9-5-8(3)10-6-11-9/h7-9H,4-6H2,1-3H3/t7?,8-,9-/m0/s1. The zero-order valence-electron chi connectivity index (χ0n) is 7.67. The molecule has 11 heavy (non-hydrogen) atoms. The first-order chi connectivity index (χ1) is 5.24. The van der Waals surface area contributed by atoms with Crippen molar-refractivity contribution in [3.8, 4) is 0 Å². The number of hydrogen-bond donors (Lipinski definition) is 0. The van der Waals surface area contributed by atoms with Crippen LogP contribution in [0, 0.1) is 5.92 Å². The van der Waals surface area contributed by atoms with E-state index < -0.39 is 0 Å². The lowest BCUT2D eigenvalue weighted by Crippen LogP contribution is -2.33. The van der Waals surface area contributed by atoms with Crippen molar-refractivity contribution in [1.82, 2.24) is 0 Å². The third-order valence-corrected chi connectivity index (χ3v) is 2.48. The van der Waals surface area contributed by atoms with Crippen LogP contribution >= 0.6 is 0 Å². The van der Waals surface area contributed by atoms with Crippen LogP contribution in [0.25, 0.3) is 0 Å². The van der Waals surface area contributed by atoms with Crippen LogP contribution in [-0.2, 0) is 9.47 Å². The molecule has 0 aromatic rings. The van der Waals surface area contributed by atoms with Gasteiger partial charge >= 0.3 is 0 Å². The summed E-state index contributed by atoms with van der Waals surface area (Å²) in [6, 6.07) is 0. The fraction of sp³-hybridized carbons (Fsp3) is 1.00. The van der Waals surface area contributed by atoms with Crippen LogP contribution in [0.1, 0.15) is 33.6 Å². The summed E-state index contributed by atoms with van der Waals surface area (Å²) in [5.74, 6) is 0.668. The molecule has 1 rings (SSSR count). The minimum absolute atomic E-state index is 0.378. The minimum Gasteiger partial charge on any atom is -0.352 e. The molecule has 0 aromatic heterocycles. The largest absolute Gasteiger partial charge is 0.352 e. The van der Waals surface area contributed by atoms with Crippen molar-refractivity contribution in [2.24, 2.45) is 5.92 Å². The third kappa shape index (κ3) is 2.46. The molecule has 1 aliphatic heterocycles. The van der Waals surface area contributed by atoms with Gasteiger partial charge in [-0.15, -0.1) is 0 Å². The second-order valence-electron chi connectivity index (χ2n) is 3.42.